The van der Waals surface area contributed by atoms with Gasteiger partial charge in [0.05, 0.1) is 6.61 Å². The smallest absolute Gasteiger partial charge is 0.341 e. The van der Waals surface area contributed by atoms with E-state index in [-0.39, 0.29) is 17.2 Å². The monoisotopic (exact) mass is 209 g/mol. The van der Waals surface area contributed by atoms with Crippen LogP contribution >= 0.6 is 0 Å². The van der Waals surface area contributed by atoms with Crippen LogP contribution in [0.15, 0.2) is 18.2 Å². The SMILES string of the molecule is CC(C)COC(=O)c1ccc(N)cc1O. The topological polar surface area (TPSA) is 72.5 Å². The summed E-state index contributed by atoms with van der Waals surface area (Å²) in [7, 11) is 0. The molecular formula is C11H15NO3. The Balaban J connectivity index is 2.74. The number of aromatic hydroxyl groups is 1. The van der Waals surface area contributed by atoms with Crippen LogP contribution in [0.5, 0.6) is 5.75 Å². The standard InChI is InChI=1S/C11H15NO3/c1-7(2)6-15-11(14)9-4-3-8(12)5-10(9)13/h3-5,7,13H,6,12H2,1-2H3. The number of phenols is 1. The summed E-state index contributed by atoms with van der Waals surface area (Å²) in [6, 6.07) is 4.32. The molecule has 1 aromatic rings. The number of benzene rings is 1. The summed E-state index contributed by atoms with van der Waals surface area (Å²) < 4.78 is 4.97. The molecule has 0 fully saturated rings. The fraction of sp³-hybridized carbons (Fsp3) is 0.364. The molecule has 0 spiro atoms. The minimum Gasteiger partial charge on any atom is -0.507 e. The molecule has 3 N–H and O–H groups in total. The Morgan fingerprint density at radius 3 is 2.73 bits per heavy atom. The molecule has 0 aliphatic heterocycles. The van der Waals surface area contributed by atoms with Crippen LogP contribution in [0.4, 0.5) is 5.69 Å². The highest BCUT2D eigenvalue weighted by Crippen LogP contribution is 2.20. The molecule has 0 bridgehead atoms. The van der Waals surface area contributed by atoms with Gasteiger partial charge in [0.15, 0.2) is 0 Å². The number of phenolic OH excluding ortho intramolecular Hbond substituents is 1. The Bertz CT molecular complexity index is 361. The molecule has 0 aromatic heterocycles. The van der Waals surface area contributed by atoms with Crippen LogP contribution in [0.25, 0.3) is 0 Å². The molecule has 0 saturated heterocycles. The quantitative estimate of drug-likeness (QED) is 0.588. The number of anilines is 1. The lowest BCUT2D eigenvalue weighted by Crippen LogP contribution is -2.10. The first-order valence-electron chi connectivity index (χ1n) is 4.76. The van der Waals surface area contributed by atoms with Crippen molar-refractivity contribution >= 4 is 11.7 Å². The number of ether oxygens (including phenoxy) is 1. The van der Waals surface area contributed by atoms with Gasteiger partial charge in [-0.25, -0.2) is 4.79 Å². The van der Waals surface area contributed by atoms with E-state index in [1.807, 2.05) is 13.8 Å². The molecule has 1 aromatic carbocycles. The number of rotatable bonds is 3. The van der Waals surface area contributed by atoms with E-state index in [0.717, 1.165) is 0 Å². The van der Waals surface area contributed by atoms with Crippen molar-refractivity contribution < 1.29 is 14.6 Å². The van der Waals surface area contributed by atoms with Gasteiger partial charge in [0.1, 0.15) is 11.3 Å². The molecule has 1 rings (SSSR count). The van der Waals surface area contributed by atoms with E-state index >= 15 is 0 Å². The lowest BCUT2D eigenvalue weighted by atomic mass is 10.2. The molecule has 0 atom stereocenters. The summed E-state index contributed by atoms with van der Waals surface area (Å²) in [5, 5.41) is 9.45. The number of hydrogen-bond donors (Lipinski definition) is 2. The van der Waals surface area contributed by atoms with E-state index < -0.39 is 5.97 Å². The Morgan fingerprint density at radius 1 is 1.53 bits per heavy atom. The fourth-order valence-electron chi connectivity index (χ4n) is 1.04. The van der Waals surface area contributed by atoms with Crippen LogP contribution in [0.3, 0.4) is 0 Å². The summed E-state index contributed by atoms with van der Waals surface area (Å²) in [4.78, 5) is 11.5. The number of nitrogen functional groups attached to an aromatic ring is 1. The van der Waals surface area contributed by atoms with E-state index in [9.17, 15) is 9.90 Å². The maximum atomic E-state index is 11.5. The molecule has 0 saturated carbocycles. The Morgan fingerprint density at radius 2 is 2.20 bits per heavy atom. The second-order valence-corrected chi connectivity index (χ2v) is 3.77. The summed E-state index contributed by atoms with van der Waals surface area (Å²) in [5.74, 6) is -0.408. The first-order chi connectivity index (χ1) is 7.00. The van der Waals surface area contributed by atoms with Crippen molar-refractivity contribution in [1.82, 2.24) is 0 Å². The third kappa shape index (κ3) is 3.16. The van der Waals surface area contributed by atoms with E-state index in [4.69, 9.17) is 10.5 Å². The highest BCUT2D eigenvalue weighted by atomic mass is 16.5. The zero-order valence-corrected chi connectivity index (χ0v) is 8.86. The van der Waals surface area contributed by atoms with Crippen LogP contribution in [0.2, 0.25) is 0 Å². The number of nitrogens with two attached hydrogens (primary N) is 1. The summed E-state index contributed by atoms with van der Waals surface area (Å²) in [6.45, 7) is 4.22. The molecule has 0 heterocycles. The Hall–Kier alpha value is -1.71. The summed E-state index contributed by atoms with van der Waals surface area (Å²) >= 11 is 0. The van der Waals surface area contributed by atoms with Gasteiger partial charge < -0.3 is 15.6 Å². The van der Waals surface area contributed by atoms with Gasteiger partial charge in [-0.2, -0.15) is 0 Å². The summed E-state index contributed by atoms with van der Waals surface area (Å²) in [5.41, 5.74) is 5.99. The number of carbonyl (C=O) groups excluding carboxylic acids is 1. The minimum atomic E-state index is -0.527. The second-order valence-electron chi connectivity index (χ2n) is 3.77. The van der Waals surface area contributed by atoms with Crippen molar-refractivity contribution in [3.63, 3.8) is 0 Å². The average Bonchev–Trinajstić information content (AvgIpc) is 2.14. The molecule has 0 aliphatic rings. The van der Waals surface area contributed by atoms with E-state index in [2.05, 4.69) is 0 Å². The van der Waals surface area contributed by atoms with Crippen LogP contribution in [0, 0.1) is 5.92 Å². The fourth-order valence-corrected chi connectivity index (χ4v) is 1.04. The van der Waals surface area contributed by atoms with Gasteiger partial charge in [-0.05, 0) is 18.1 Å². The normalized spacial score (nSPS) is 10.3. The molecule has 4 nitrogen and oxygen atoms in total. The van der Waals surface area contributed by atoms with E-state index in [1.54, 1.807) is 6.07 Å². The predicted molar refractivity (Wildman–Crippen MR) is 57.6 cm³/mol. The molecule has 0 radical (unpaired) electrons. The van der Waals surface area contributed by atoms with Gasteiger partial charge >= 0.3 is 5.97 Å². The van der Waals surface area contributed by atoms with E-state index in [1.165, 1.54) is 12.1 Å². The molecule has 0 aliphatic carbocycles. The Labute approximate surface area is 88.7 Å². The highest BCUT2D eigenvalue weighted by molar-refractivity contribution is 5.92. The lowest BCUT2D eigenvalue weighted by molar-refractivity contribution is 0.0456. The zero-order valence-electron chi connectivity index (χ0n) is 8.86. The zero-order chi connectivity index (χ0) is 11.4. The van der Waals surface area contributed by atoms with Crippen LogP contribution in [0.1, 0.15) is 24.2 Å². The molecule has 82 valence electrons. The molecular weight excluding hydrogens is 194 g/mol. The van der Waals surface area contributed by atoms with Gasteiger partial charge in [-0.3, -0.25) is 0 Å². The van der Waals surface area contributed by atoms with Gasteiger partial charge in [0, 0.05) is 11.8 Å². The van der Waals surface area contributed by atoms with Crippen molar-refractivity contribution in [2.24, 2.45) is 5.92 Å². The third-order valence-electron chi connectivity index (χ3n) is 1.79. The molecule has 4 heteroatoms. The number of esters is 1. The van der Waals surface area contributed by atoms with Gasteiger partial charge in [0.25, 0.3) is 0 Å². The number of hydrogen-bond acceptors (Lipinski definition) is 4. The molecule has 0 unspecified atom stereocenters. The Kier molecular flexibility index (Phi) is 3.55. The van der Waals surface area contributed by atoms with Crippen LogP contribution < -0.4 is 5.73 Å². The van der Waals surface area contributed by atoms with Crippen LogP contribution in [-0.2, 0) is 4.74 Å². The maximum absolute atomic E-state index is 11.5. The van der Waals surface area contributed by atoms with Crippen LogP contribution in [-0.4, -0.2) is 17.7 Å². The lowest BCUT2D eigenvalue weighted by Gasteiger charge is -2.08. The second kappa shape index (κ2) is 4.68. The third-order valence-corrected chi connectivity index (χ3v) is 1.79. The van der Waals surface area contributed by atoms with Crippen molar-refractivity contribution in [1.29, 1.82) is 0 Å². The van der Waals surface area contributed by atoms with E-state index in [0.29, 0.717) is 12.3 Å². The predicted octanol–water partition coefficient (Wildman–Crippen LogP) is 1.79. The first kappa shape index (κ1) is 11.4. The first-order valence-corrected chi connectivity index (χ1v) is 4.76. The number of carbonyl (C=O) groups is 1. The largest absolute Gasteiger partial charge is 0.507 e. The van der Waals surface area contributed by atoms with Crippen molar-refractivity contribution in [3.05, 3.63) is 23.8 Å². The molecule has 0 amide bonds. The van der Waals surface area contributed by atoms with Crippen molar-refractivity contribution in [3.8, 4) is 5.75 Å². The van der Waals surface area contributed by atoms with Gasteiger partial charge in [0.2, 0.25) is 0 Å². The average molecular weight is 209 g/mol. The van der Waals surface area contributed by atoms with Gasteiger partial charge in [-0.1, -0.05) is 13.8 Å². The van der Waals surface area contributed by atoms with Gasteiger partial charge in [-0.15, -0.1) is 0 Å². The summed E-state index contributed by atoms with van der Waals surface area (Å²) in [6.07, 6.45) is 0. The highest BCUT2D eigenvalue weighted by Gasteiger charge is 2.12. The van der Waals surface area contributed by atoms with Crippen molar-refractivity contribution in [2.75, 3.05) is 12.3 Å². The van der Waals surface area contributed by atoms with Crippen molar-refractivity contribution in [2.45, 2.75) is 13.8 Å². The molecule has 15 heavy (non-hydrogen) atoms. The maximum Gasteiger partial charge on any atom is 0.341 e. The minimum absolute atomic E-state index is 0.143.